The number of alkyl halides is 1. The van der Waals surface area contributed by atoms with E-state index in [1.54, 1.807) is 11.1 Å². The van der Waals surface area contributed by atoms with Gasteiger partial charge >= 0.3 is 0 Å². The van der Waals surface area contributed by atoms with Crippen LogP contribution >= 0.6 is 15.9 Å². The summed E-state index contributed by atoms with van der Waals surface area (Å²) in [5, 5.41) is 1.19. The molecule has 0 heterocycles. The maximum Gasteiger partial charge on any atom is 0.00598 e. The Hall–Kier alpha value is -1.08. The van der Waals surface area contributed by atoms with Crippen LogP contribution in [0.2, 0.25) is 0 Å². The third-order valence-electron chi connectivity index (χ3n) is 6.84. The molecule has 2 aliphatic rings. The molecule has 1 heteroatoms. The van der Waals surface area contributed by atoms with Crippen LogP contribution in [0.25, 0.3) is 0 Å². The van der Waals surface area contributed by atoms with Crippen molar-refractivity contribution in [1.82, 2.24) is 0 Å². The molecular formula is C24H29Br. The molecule has 2 aromatic carbocycles. The predicted molar refractivity (Wildman–Crippen MR) is 110 cm³/mol. The minimum atomic E-state index is 0.586. The molecule has 132 valence electrons. The first kappa shape index (κ1) is 17.3. The first-order chi connectivity index (χ1) is 12.3. The monoisotopic (exact) mass is 396 g/mol. The fourth-order valence-electron chi connectivity index (χ4n) is 5.65. The van der Waals surface area contributed by atoms with Gasteiger partial charge in [-0.15, -0.1) is 0 Å². The zero-order chi connectivity index (χ0) is 17.1. The van der Waals surface area contributed by atoms with Crippen LogP contribution in [0.3, 0.4) is 0 Å². The molecule has 0 aliphatic heterocycles. The van der Waals surface area contributed by atoms with E-state index in [0.29, 0.717) is 17.3 Å². The highest BCUT2D eigenvalue weighted by Gasteiger charge is 2.44. The highest BCUT2D eigenvalue weighted by atomic mass is 79.9. The fourth-order valence-corrected chi connectivity index (χ4v) is 6.20. The first-order valence-corrected chi connectivity index (χ1v) is 11.1. The Kier molecular flexibility index (Phi) is 5.31. The number of rotatable bonds is 3. The van der Waals surface area contributed by atoms with Crippen molar-refractivity contribution in [3.05, 3.63) is 71.8 Å². The van der Waals surface area contributed by atoms with Gasteiger partial charge < -0.3 is 0 Å². The van der Waals surface area contributed by atoms with Gasteiger partial charge in [-0.1, -0.05) is 83.0 Å². The van der Waals surface area contributed by atoms with Gasteiger partial charge in [-0.3, -0.25) is 0 Å². The molecule has 2 aromatic rings. The topological polar surface area (TPSA) is 0 Å². The SMILES string of the molecule is BrC[C@H]1CCCC2(CC[C@H](c3ccccc3)[C@@H](c3ccccc3)C2)C1. The first-order valence-electron chi connectivity index (χ1n) is 9.95. The van der Waals surface area contributed by atoms with Gasteiger partial charge in [0.1, 0.15) is 0 Å². The van der Waals surface area contributed by atoms with Crippen molar-refractivity contribution < 1.29 is 0 Å². The standard InChI is InChI=1S/C24H29Br/c25-18-19-8-7-14-24(16-19)15-13-22(20-9-3-1-4-10-20)23(17-24)21-11-5-2-6-12-21/h1-6,9-12,19,22-23H,7-8,13-18H2/t19-,22+,23+,24?/m0/s1. The Balaban J connectivity index is 1.65. The summed E-state index contributed by atoms with van der Waals surface area (Å²) < 4.78 is 0. The van der Waals surface area contributed by atoms with Crippen molar-refractivity contribution in [2.24, 2.45) is 11.3 Å². The van der Waals surface area contributed by atoms with Gasteiger partial charge in [0.2, 0.25) is 0 Å². The van der Waals surface area contributed by atoms with Gasteiger partial charge in [0, 0.05) is 5.33 Å². The predicted octanol–water partition coefficient (Wildman–Crippen LogP) is 7.31. The zero-order valence-electron chi connectivity index (χ0n) is 15.0. The lowest BCUT2D eigenvalue weighted by molar-refractivity contribution is 0.0747. The Bertz CT molecular complexity index is 665. The van der Waals surface area contributed by atoms with E-state index in [1.165, 1.54) is 50.3 Å². The van der Waals surface area contributed by atoms with Crippen molar-refractivity contribution >= 4 is 15.9 Å². The maximum absolute atomic E-state index is 3.77. The molecule has 2 aliphatic carbocycles. The lowest BCUT2D eigenvalue weighted by Gasteiger charge is -2.49. The second-order valence-corrected chi connectivity index (χ2v) is 9.04. The van der Waals surface area contributed by atoms with E-state index < -0.39 is 0 Å². The summed E-state index contributed by atoms with van der Waals surface area (Å²) in [7, 11) is 0. The average Bonchev–Trinajstić information content (AvgIpc) is 2.69. The van der Waals surface area contributed by atoms with Crippen LogP contribution in [0, 0.1) is 11.3 Å². The van der Waals surface area contributed by atoms with Crippen molar-refractivity contribution in [2.45, 2.75) is 56.8 Å². The maximum atomic E-state index is 3.77. The van der Waals surface area contributed by atoms with Crippen LogP contribution in [0.15, 0.2) is 60.7 Å². The average molecular weight is 397 g/mol. The highest BCUT2D eigenvalue weighted by molar-refractivity contribution is 9.09. The van der Waals surface area contributed by atoms with Crippen molar-refractivity contribution in [1.29, 1.82) is 0 Å². The molecule has 25 heavy (non-hydrogen) atoms. The van der Waals surface area contributed by atoms with Crippen LogP contribution in [0.5, 0.6) is 0 Å². The van der Waals surface area contributed by atoms with Crippen LogP contribution in [0.1, 0.15) is 67.9 Å². The highest BCUT2D eigenvalue weighted by Crippen LogP contribution is 2.57. The third kappa shape index (κ3) is 3.72. The minimum Gasteiger partial charge on any atom is -0.0925 e. The fraction of sp³-hybridized carbons (Fsp3) is 0.500. The van der Waals surface area contributed by atoms with Crippen LogP contribution in [-0.2, 0) is 0 Å². The van der Waals surface area contributed by atoms with E-state index in [9.17, 15) is 0 Å². The van der Waals surface area contributed by atoms with E-state index in [0.717, 1.165) is 5.92 Å². The van der Waals surface area contributed by atoms with Gasteiger partial charge in [0.25, 0.3) is 0 Å². The molecule has 0 radical (unpaired) electrons. The molecule has 4 atom stereocenters. The number of benzene rings is 2. The minimum absolute atomic E-state index is 0.586. The summed E-state index contributed by atoms with van der Waals surface area (Å²) in [6.07, 6.45) is 9.86. The van der Waals surface area contributed by atoms with Crippen LogP contribution in [-0.4, -0.2) is 5.33 Å². The Morgan fingerprint density at radius 1 is 0.760 bits per heavy atom. The molecule has 1 unspecified atom stereocenters. The molecule has 0 aromatic heterocycles. The Morgan fingerprint density at radius 3 is 2.04 bits per heavy atom. The van der Waals surface area contributed by atoms with E-state index in [2.05, 4.69) is 76.6 Å². The van der Waals surface area contributed by atoms with Gasteiger partial charge in [0.05, 0.1) is 0 Å². The second-order valence-electron chi connectivity index (χ2n) is 8.39. The van der Waals surface area contributed by atoms with E-state index in [-0.39, 0.29) is 0 Å². The lowest BCUT2D eigenvalue weighted by atomic mass is 9.56. The zero-order valence-corrected chi connectivity index (χ0v) is 16.6. The van der Waals surface area contributed by atoms with Crippen molar-refractivity contribution in [2.75, 3.05) is 5.33 Å². The molecule has 0 saturated heterocycles. The van der Waals surface area contributed by atoms with Gasteiger partial charge in [-0.2, -0.15) is 0 Å². The number of hydrogen-bond acceptors (Lipinski definition) is 0. The largest absolute Gasteiger partial charge is 0.0925 e. The molecule has 0 bridgehead atoms. The molecule has 0 amide bonds. The molecule has 2 saturated carbocycles. The summed E-state index contributed by atoms with van der Waals surface area (Å²) in [4.78, 5) is 0. The summed E-state index contributed by atoms with van der Waals surface area (Å²) >= 11 is 3.77. The van der Waals surface area contributed by atoms with Gasteiger partial charge in [-0.25, -0.2) is 0 Å². The van der Waals surface area contributed by atoms with E-state index in [1.807, 2.05) is 0 Å². The molecular weight excluding hydrogens is 368 g/mol. The summed E-state index contributed by atoms with van der Waals surface area (Å²) in [6.45, 7) is 0. The Morgan fingerprint density at radius 2 is 1.40 bits per heavy atom. The third-order valence-corrected chi connectivity index (χ3v) is 7.75. The smallest absolute Gasteiger partial charge is 0.00598 e. The van der Waals surface area contributed by atoms with Gasteiger partial charge in [0.15, 0.2) is 0 Å². The lowest BCUT2D eigenvalue weighted by Crippen LogP contribution is -2.36. The number of hydrogen-bond donors (Lipinski definition) is 0. The summed E-state index contributed by atoms with van der Waals surface area (Å²) in [5.41, 5.74) is 3.68. The molecule has 0 N–H and O–H groups in total. The molecule has 1 spiro atoms. The molecule has 0 nitrogen and oxygen atoms in total. The Labute approximate surface area is 161 Å². The summed E-state index contributed by atoms with van der Waals surface area (Å²) in [5.74, 6) is 2.24. The van der Waals surface area contributed by atoms with E-state index in [4.69, 9.17) is 0 Å². The van der Waals surface area contributed by atoms with E-state index >= 15 is 0 Å². The van der Waals surface area contributed by atoms with Crippen molar-refractivity contribution in [3.8, 4) is 0 Å². The molecule has 2 fully saturated rings. The van der Waals surface area contributed by atoms with Crippen LogP contribution < -0.4 is 0 Å². The quantitative estimate of drug-likeness (QED) is 0.476. The second kappa shape index (κ2) is 7.66. The molecule has 4 rings (SSSR count). The number of halogens is 1. The normalized spacial score (nSPS) is 32.6. The van der Waals surface area contributed by atoms with Crippen molar-refractivity contribution in [3.63, 3.8) is 0 Å². The summed E-state index contributed by atoms with van der Waals surface area (Å²) in [6, 6.07) is 22.6. The van der Waals surface area contributed by atoms with Gasteiger partial charge in [-0.05, 0) is 72.8 Å². The van der Waals surface area contributed by atoms with Crippen LogP contribution in [0.4, 0.5) is 0 Å².